The number of nitrogens with one attached hydrogen (secondary N) is 7. The molecule has 2 aromatic carbocycles. The Morgan fingerprint density at radius 1 is 0.506 bits per heavy atom. The lowest BCUT2D eigenvalue weighted by molar-refractivity contribution is -0.142. The van der Waals surface area contributed by atoms with Crippen LogP contribution >= 0.6 is 12.2 Å². The van der Waals surface area contributed by atoms with Gasteiger partial charge in [-0.3, -0.25) is 62.8 Å². The lowest BCUT2D eigenvalue weighted by Crippen LogP contribution is -2.55. The summed E-state index contributed by atoms with van der Waals surface area (Å²) in [4.78, 5) is 152. The van der Waals surface area contributed by atoms with E-state index in [0.29, 0.717) is 37.1 Å². The Morgan fingerprint density at radius 3 is 1.54 bits per heavy atom. The number of nitrogens with zero attached hydrogens (tertiary/aromatic N) is 4. The van der Waals surface area contributed by atoms with E-state index in [2.05, 4.69) is 26.6 Å². The number of hydrogen-bond acceptors (Lipinski definition) is 17. The lowest BCUT2D eigenvalue weighted by atomic mass is 10.0. The minimum atomic E-state index is -1.77. The zero-order valence-corrected chi connectivity index (χ0v) is 48.3. The summed E-state index contributed by atoms with van der Waals surface area (Å²) in [6.45, 7) is -0.188. The normalized spacial score (nSPS) is 15.9. The molecule has 3 rings (SSSR count). The number of aliphatic carboxylic acids is 8. The number of benzene rings is 2. The molecular weight excluding hydrogens is 1170 g/mol. The molecule has 0 saturated carbocycles. The highest BCUT2D eigenvalue weighted by atomic mass is 32.1. The van der Waals surface area contributed by atoms with Crippen LogP contribution in [0.1, 0.15) is 75.3 Å². The first-order valence-electron chi connectivity index (χ1n) is 27.7. The summed E-state index contributed by atoms with van der Waals surface area (Å²) in [5.41, 5.74) is 1.77. The molecule has 31 nitrogen and oxygen atoms in total. The molecule has 15 N–H and O–H groups in total. The van der Waals surface area contributed by atoms with Gasteiger partial charge >= 0.3 is 53.8 Å². The summed E-state index contributed by atoms with van der Waals surface area (Å²) in [6, 6.07) is 5.44. The van der Waals surface area contributed by atoms with Crippen LogP contribution in [-0.4, -0.2) is 246 Å². The summed E-state index contributed by atoms with van der Waals surface area (Å²) in [5.74, 6) is -13.3. The summed E-state index contributed by atoms with van der Waals surface area (Å²) in [7, 11) is 0. The van der Waals surface area contributed by atoms with E-state index >= 15 is 0 Å². The monoisotopic (exact) mass is 1250 g/mol. The number of carboxylic acids is 8. The fourth-order valence-electron chi connectivity index (χ4n) is 9.05. The van der Waals surface area contributed by atoms with E-state index in [0.717, 1.165) is 17.7 Å². The van der Waals surface area contributed by atoms with Crippen molar-refractivity contribution >= 4 is 94.5 Å². The van der Waals surface area contributed by atoms with Gasteiger partial charge in [-0.05, 0) is 86.1 Å². The average Bonchev–Trinajstić information content (AvgIpc) is 3.17. The number of thiocarbonyl (C=S) groups is 1. The number of carbonyl (C=O) groups is 12. The molecule has 480 valence electrons. The van der Waals surface area contributed by atoms with Crippen molar-refractivity contribution in [2.45, 2.75) is 107 Å². The molecule has 5 atom stereocenters. The van der Waals surface area contributed by atoms with Gasteiger partial charge in [0.05, 0.1) is 26.2 Å². The van der Waals surface area contributed by atoms with Gasteiger partial charge in [0.1, 0.15) is 30.1 Å². The molecule has 87 heavy (non-hydrogen) atoms. The Morgan fingerprint density at radius 2 is 1.00 bits per heavy atom. The molecule has 0 aromatic heterocycles. The number of urea groups is 1. The Labute approximate surface area is 504 Å². The van der Waals surface area contributed by atoms with E-state index < -0.39 is 153 Å². The van der Waals surface area contributed by atoms with Gasteiger partial charge in [-0.2, -0.15) is 0 Å². The first-order chi connectivity index (χ1) is 41.1. The van der Waals surface area contributed by atoms with Gasteiger partial charge in [-0.25, -0.2) is 18.8 Å². The molecule has 0 bridgehead atoms. The minimum Gasteiger partial charge on any atom is -0.481 e. The molecule has 1 heterocycles. The van der Waals surface area contributed by atoms with Gasteiger partial charge in [0, 0.05) is 96.2 Å². The summed E-state index contributed by atoms with van der Waals surface area (Å²) < 4.78 is 13.8. The van der Waals surface area contributed by atoms with E-state index in [9.17, 15) is 97.7 Å². The second kappa shape index (κ2) is 38.4. The Bertz CT molecular complexity index is 2690. The zero-order valence-electron chi connectivity index (χ0n) is 47.5. The van der Waals surface area contributed by atoms with Crippen LogP contribution < -0.4 is 37.2 Å². The van der Waals surface area contributed by atoms with Gasteiger partial charge in [0.15, 0.2) is 5.11 Å². The highest BCUT2D eigenvalue weighted by Crippen LogP contribution is 2.17. The molecule has 1 aliphatic rings. The number of amides is 5. The SMILES string of the molecule is O=C(O)CC[C@H](NC(=O)CC[C@H](NC(=O)N[C@@H](CCC(=O)O)C(=O)O)C(=O)O)NC(=O)[C@H](Cc1ccc(F)cc1)NC(=O)CCCCCNC(=S)Nc1ccc(CC2CN(CC(=O)O)CCN(CC(=O)O)CCN(CC(=O)O)CCN2CC(=O)O)cc1. The average molecular weight is 1250 g/mol. The van der Waals surface area contributed by atoms with Crippen LogP contribution in [0.2, 0.25) is 0 Å². The molecule has 0 aliphatic carbocycles. The second-order valence-electron chi connectivity index (χ2n) is 20.5. The van der Waals surface area contributed by atoms with Crippen molar-refractivity contribution in [2.75, 3.05) is 83.9 Å². The first-order valence-corrected chi connectivity index (χ1v) is 28.1. The third kappa shape index (κ3) is 31.3. The van der Waals surface area contributed by atoms with Gasteiger partial charge < -0.3 is 78.1 Å². The van der Waals surface area contributed by atoms with Crippen molar-refractivity contribution in [3.8, 4) is 0 Å². The quantitative estimate of drug-likeness (QED) is 0.0224. The maximum absolute atomic E-state index is 13.8. The number of anilines is 1. The van der Waals surface area contributed by atoms with Crippen molar-refractivity contribution in [3.05, 3.63) is 65.5 Å². The van der Waals surface area contributed by atoms with Crippen molar-refractivity contribution < 1.29 is 103 Å². The fraction of sp³-hybridized carbons (Fsp3) is 0.537. The van der Waals surface area contributed by atoms with Crippen molar-refractivity contribution in [2.24, 2.45) is 0 Å². The second-order valence-corrected chi connectivity index (χ2v) is 20.9. The van der Waals surface area contributed by atoms with E-state index in [1.165, 1.54) is 12.1 Å². The van der Waals surface area contributed by atoms with E-state index in [1.54, 1.807) is 43.9 Å². The molecule has 33 heteroatoms. The van der Waals surface area contributed by atoms with Crippen LogP contribution in [0.4, 0.5) is 14.9 Å². The molecule has 1 saturated heterocycles. The molecule has 5 amide bonds. The van der Waals surface area contributed by atoms with E-state index in [4.69, 9.17) is 17.3 Å². The summed E-state index contributed by atoms with van der Waals surface area (Å²) >= 11 is 5.50. The van der Waals surface area contributed by atoms with Crippen molar-refractivity contribution in [1.29, 1.82) is 0 Å². The lowest BCUT2D eigenvalue weighted by Gasteiger charge is -2.37. The predicted octanol–water partition coefficient (Wildman–Crippen LogP) is -0.855. The topological polar surface area (TPSA) is 464 Å². The highest BCUT2D eigenvalue weighted by molar-refractivity contribution is 7.80. The van der Waals surface area contributed by atoms with Crippen LogP contribution in [0.3, 0.4) is 0 Å². The number of carboxylic acid groups (broad SMARTS) is 8. The third-order valence-electron chi connectivity index (χ3n) is 13.4. The molecule has 0 radical (unpaired) electrons. The maximum atomic E-state index is 13.8. The zero-order chi connectivity index (χ0) is 64.6. The molecule has 0 spiro atoms. The molecular formula is C54H76FN11O20S. The van der Waals surface area contributed by atoms with E-state index in [-0.39, 0.29) is 89.7 Å². The van der Waals surface area contributed by atoms with Gasteiger partial charge in [0.2, 0.25) is 17.7 Å². The largest absolute Gasteiger partial charge is 0.481 e. The molecule has 2 aromatic rings. The van der Waals surface area contributed by atoms with Crippen LogP contribution in [0, 0.1) is 5.82 Å². The van der Waals surface area contributed by atoms with Gasteiger partial charge in [-0.15, -0.1) is 0 Å². The maximum Gasteiger partial charge on any atom is 0.326 e. The van der Waals surface area contributed by atoms with Gasteiger partial charge in [-0.1, -0.05) is 30.7 Å². The summed E-state index contributed by atoms with van der Waals surface area (Å²) in [5, 5.41) is 93.9. The Hall–Kier alpha value is -8.66. The van der Waals surface area contributed by atoms with Crippen molar-refractivity contribution in [1.82, 2.24) is 51.5 Å². The number of hydrogen-bond donors (Lipinski definition) is 15. The van der Waals surface area contributed by atoms with Crippen molar-refractivity contribution in [3.63, 3.8) is 0 Å². The third-order valence-corrected chi connectivity index (χ3v) is 13.7. The Balaban J connectivity index is 1.60. The molecule has 1 fully saturated rings. The van der Waals surface area contributed by atoms with Crippen LogP contribution in [0.25, 0.3) is 0 Å². The van der Waals surface area contributed by atoms with Crippen LogP contribution in [0.15, 0.2) is 48.5 Å². The number of carbonyl (C=O) groups excluding carboxylic acids is 4. The number of unbranched alkanes of at least 4 members (excludes halogenated alkanes) is 2. The van der Waals surface area contributed by atoms with E-state index in [1.807, 2.05) is 10.6 Å². The number of halogens is 1. The van der Waals surface area contributed by atoms with Crippen LogP contribution in [0.5, 0.6) is 0 Å². The fourth-order valence-corrected chi connectivity index (χ4v) is 9.27. The predicted molar refractivity (Wildman–Crippen MR) is 308 cm³/mol. The van der Waals surface area contributed by atoms with Crippen LogP contribution in [-0.2, 0) is 65.6 Å². The Kier molecular flexibility index (Phi) is 32.0. The standard InChI is InChI=1S/C54H76FN11O20S/c55-35-9-5-34(6-10-35)27-40(50(81)62-41(15-18-45(71)72)61-43(68)16-13-38(51(82)83)59-53(86)60-39(52(84)85)14-17-44(69)70)58-42(67)4-2-1-3-19-56-54(87)57-36-11-7-33(8-12-36)26-37-28-65(31-48(77)78)23-22-63(29-46(73)74)20-21-64(30-47(75)76)24-25-66(37)32-49(79)80/h5-12,37-41H,1-4,13-32H2,(H,58,67)(H,61,68)(H,62,81)(H,69,70)(H,71,72)(H,73,74)(H,75,76)(H,77,78)(H,79,80)(H,82,83)(H,84,85)(H2,56,57,87)(H2,59,60,86)/t37?,38-,39-,40-,41+/m0/s1. The molecule has 1 aliphatic heterocycles. The van der Waals surface area contributed by atoms with Gasteiger partial charge in [0.25, 0.3) is 0 Å². The summed E-state index contributed by atoms with van der Waals surface area (Å²) in [6.07, 6.45) is -3.27. The molecule has 1 unspecified atom stereocenters. The highest BCUT2D eigenvalue weighted by Gasteiger charge is 2.30. The number of rotatable bonds is 36. The smallest absolute Gasteiger partial charge is 0.326 e. The minimum absolute atomic E-state index is 0.0569. The first kappa shape index (κ1) is 72.6.